The number of rotatable bonds is 7. The average molecular weight is 321 g/mol. The topological polar surface area (TPSA) is 56.8 Å². The van der Waals surface area contributed by atoms with E-state index in [1.807, 2.05) is 30.5 Å². The van der Waals surface area contributed by atoms with Gasteiger partial charge in [0.25, 0.3) is 5.91 Å². The molecule has 1 amide bonds. The molecule has 2 aromatic rings. The second-order valence-electron chi connectivity index (χ2n) is 4.42. The van der Waals surface area contributed by atoms with Crippen molar-refractivity contribution in [2.24, 2.45) is 0 Å². The normalized spacial score (nSPS) is 10.1. The van der Waals surface area contributed by atoms with E-state index in [4.69, 9.17) is 14.2 Å². The molecular weight excluding hydrogens is 302 g/mol. The van der Waals surface area contributed by atoms with Gasteiger partial charge in [0.15, 0.2) is 11.5 Å². The Labute approximate surface area is 133 Å². The smallest absolute Gasteiger partial charge is 0.261 e. The Bertz CT molecular complexity index is 600. The lowest BCUT2D eigenvalue weighted by molar-refractivity contribution is 0.0955. The summed E-state index contributed by atoms with van der Waals surface area (Å²) in [7, 11) is 3.15. The minimum absolute atomic E-state index is 0.0955. The van der Waals surface area contributed by atoms with E-state index in [0.717, 1.165) is 5.56 Å². The summed E-state index contributed by atoms with van der Waals surface area (Å²) in [6, 6.07) is 7.31. The van der Waals surface area contributed by atoms with Gasteiger partial charge >= 0.3 is 0 Å². The molecular formula is C16H19NO4S. The summed E-state index contributed by atoms with van der Waals surface area (Å²) < 4.78 is 16.2. The zero-order chi connectivity index (χ0) is 15.9. The fraction of sp³-hybridized carbons (Fsp3) is 0.312. The van der Waals surface area contributed by atoms with Crippen LogP contribution in [0, 0.1) is 0 Å². The van der Waals surface area contributed by atoms with Crippen LogP contribution in [0.2, 0.25) is 0 Å². The summed E-state index contributed by atoms with van der Waals surface area (Å²) >= 11 is 1.41. The first-order valence-electron chi connectivity index (χ1n) is 6.89. The number of amides is 1. The van der Waals surface area contributed by atoms with E-state index >= 15 is 0 Å². The Balaban J connectivity index is 2.15. The number of nitrogens with one attached hydrogen (secondary N) is 1. The van der Waals surface area contributed by atoms with Gasteiger partial charge in [0.1, 0.15) is 0 Å². The number of hydrogen-bond donors (Lipinski definition) is 1. The predicted molar refractivity (Wildman–Crippen MR) is 86.2 cm³/mol. The van der Waals surface area contributed by atoms with Crippen LogP contribution in [0.1, 0.15) is 22.2 Å². The quantitative estimate of drug-likeness (QED) is 0.851. The maximum Gasteiger partial charge on any atom is 0.261 e. The van der Waals surface area contributed by atoms with Gasteiger partial charge in [0.2, 0.25) is 5.75 Å². The molecule has 0 saturated carbocycles. The van der Waals surface area contributed by atoms with Crippen molar-refractivity contribution >= 4 is 17.2 Å². The Morgan fingerprint density at radius 3 is 2.41 bits per heavy atom. The lowest BCUT2D eigenvalue weighted by Gasteiger charge is -2.15. The van der Waals surface area contributed by atoms with Crippen LogP contribution in [0.5, 0.6) is 17.2 Å². The van der Waals surface area contributed by atoms with Crippen molar-refractivity contribution in [1.29, 1.82) is 0 Å². The monoisotopic (exact) mass is 321 g/mol. The average Bonchev–Trinajstić information content (AvgIpc) is 3.07. The molecule has 2 rings (SSSR count). The number of hydrogen-bond acceptors (Lipinski definition) is 5. The molecule has 6 heteroatoms. The largest absolute Gasteiger partial charge is 0.493 e. The fourth-order valence-electron chi connectivity index (χ4n) is 2.00. The summed E-state index contributed by atoms with van der Waals surface area (Å²) in [6.45, 7) is 2.80. The molecule has 0 aliphatic heterocycles. The molecule has 0 spiro atoms. The molecule has 5 nitrogen and oxygen atoms in total. The van der Waals surface area contributed by atoms with Gasteiger partial charge in [0.05, 0.1) is 25.7 Å². The first-order chi connectivity index (χ1) is 10.7. The van der Waals surface area contributed by atoms with Gasteiger partial charge in [-0.25, -0.2) is 0 Å². The molecule has 0 aliphatic carbocycles. The lowest BCUT2D eigenvalue weighted by atomic mass is 10.1. The maximum atomic E-state index is 12.0. The van der Waals surface area contributed by atoms with E-state index in [9.17, 15) is 4.79 Å². The van der Waals surface area contributed by atoms with Crippen LogP contribution in [-0.2, 0) is 6.54 Å². The van der Waals surface area contributed by atoms with E-state index in [1.54, 1.807) is 20.3 Å². The Morgan fingerprint density at radius 2 is 1.91 bits per heavy atom. The van der Waals surface area contributed by atoms with Gasteiger partial charge in [-0.15, -0.1) is 11.3 Å². The third-order valence-corrected chi connectivity index (χ3v) is 3.88. The maximum absolute atomic E-state index is 12.0. The second kappa shape index (κ2) is 7.70. The third kappa shape index (κ3) is 3.71. The minimum Gasteiger partial charge on any atom is -0.493 e. The molecule has 0 unspecified atom stereocenters. The van der Waals surface area contributed by atoms with Crippen LogP contribution in [0.3, 0.4) is 0 Å². The van der Waals surface area contributed by atoms with Crippen molar-refractivity contribution in [3.8, 4) is 17.2 Å². The number of methoxy groups -OCH3 is 2. The first-order valence-corrected chi connectivity index (χ1v) is 7.77. The number of carbonyl (C=O) groups is 1. The minimum atomic E-state index is -0.0955. The number of benzene rings is 1. The van der Waals surface area contributed by atoms with Crippen LogP contribution in [0.15, 0.2) is 29.6 Å². The standard InChI is InChI=1S/C16H19NO4S/c1-4-21-15-12(19-2)8-11(9-13(15)20-3)10-17-16(18)14-6-5-7-22-14/h5-9H,4,10H2,1-3H3,(H,17,18). The summed E-state index contributed by atoms with van der Waals surface area (Å²) in [5.41, 5.74) is 0.877. The van der Waals surface area contributed by atoms with Crippen molar-refractivity contribution in [3.05, 3.63) is 40.1 Å². The SMILES string of the molecule is CCOc1c(OC)cc(CNC(=O)c2cccs2)cc1OC. The zero-order valence-electron chi connectivity index (χ0n) is 12.8. The van der Waals surface area contributed by atoms with Gasteiger partial charge in [-0.3, -0.25) is 4.79 Å². The predicted octanol–water partition coefficient (Wildman–Crippen LogP) is 3.09. The molecule has 1 N–H and O–H groups in total. The third-order valence-electron chi connectivity index (χ3n) is 3.01. The van der Waals surface area contributed by atoms with E-state index in [2.05, 4.69) is 5.32 Å². The second-order valence-corrected chi connectivity index (χ2v) is 5.37. The summed E-state index contributed by atoms with van der Waals surface area (Å²) in [4.78, 5) is 12.7. The molecule has 0 saturated heterocycles. The van der Waals surface area contributed by atoms with E-state index in [1.165, 1.54) is 11.3 Å². The van der Waals surface area contributed by atoms with Crippen molar-refractivity contribution in [2.75, 3.05) is 20.8 Å². The van der Waals surface area contributed by atoms with Gasteiger partial charge < -0.3 is 19.5 Å². The molecule has 1 aromatic carbocycles. The molecule has 0 atom stereocenters. The summed E-state index contributed by atoms with van der Waals surface area (Å²) in [6.07, 6.45) is 0. The van der Waals surface area contributed by atoms with Crippen LogP contribution in [0.4, 0.5) is 0 Å². The summed E-state index contributed by atoms with van der Waals surface area (Å²) in [5, 5.41) is 4.75. The number of carbonyl (C=O) groups excluding carboxylic acids is 1. The summed E-state index contributed by atoms with van der Waals surface area (Å²) in [5.74, 6) is 1.64. The lowest BCUT2D eigenvalue weighted by Crippen LogP contribution is -2.21. The highest BCUT2D eigenvalue weighted by Gasteiger charge is 2.14. The highest BCUT2D eigenvalue weighted by molar-refractivity contribution is 7.12. The molecule has 1 heterocycles. The van der Waals surface area contributed by atoms with E-state index < -0.39 is 0 Å². The van der Waals surface area contributed by atoms with Crippen molar-refractivity contribution in [1.82, 2.24) is 5.32 Å². The molecule has 0 fully saturated rings. The van der Waals surface area contributed by atoms with Gasteiger partial charge in [0, 0.05) is 6.54 Å². The zero-order valence-corrected chi connectivity index (χ0v) is 13.7. The molecule has 118 valence electrons. The van der Waals surface area contributed by atoms with E-state index in [0.29, 0.717) is 35.3 Å². The molecule has 0 radical (unpaired) electrons. The molecule has 0 bridgehead atoms. The Hall–Kier alpha value is -2.21. The fourth-order valence-corrected chi connectivity index (χ4v) is 2.64. The van der Waals surface area contributed by atoms with Gasteiger partial charge in [-0.2, -0.15) is 0 Å². The van der Waals surface area contributed by atoms with Crippen LogP contribution in [0.25, 0.3) is 0 Å². The highest BCUT2D eigenvalue weighted by Crippen LogP contribution is 2.38. The van der Waals surface area contributed by atoms with Gasteiger partial charge in [-0.1, -0.05) is 6.07 Å². The highest BCUT2D eigenvalue weighted by atomic mass is 32.1. The van der Waals surface area contributed by atoms with Crippen LogP contribution >= 0.6 is 11.3 Å². The molecule has 1 aromatic heterocycles. The van der Waals surface area contributed by atoms with Crippen LogP contribution < -0.4 is 19.5 Å². The van der Waals surface area contributed by atoms with E-state index in [-0.39, 0.29) is 5.91 Å². The molecule has 22 heavy (non-hydrogen) atoms. The first kappa shape index (κ1) is 16.2. The number of thiophene rings is 1. The van der Waals surface area contributed by atoms with Gasteiger partial charge in [-0.05, 0) is 36.1 Å². The van der Waals surface area contributed by atoms with Crippen LogP contribution in [-0.4, -0.2) is 26.7 Å². The van der Waals surface area contributed by atoms with Crippen molar-refractivity contribution in [3.63, 3.8) is 0 Å². The Morgan fingerprint density at radius 1 is 1.23 bits per heavy atom. The molecule has 0 aliphatic rings. The number of ether oxygens (including phenoxy) is 3. The van der Waals surface area contributed by atoms with Crippen molar-refractivity contribution < 1.29 is 19.0 Å². The van der Waals surface area contributed by atoms with Crippen molar-refractivity contribution in [2.45, 2.75) is 13.5 Å². The Kier molecular flexibility index (Phi) is 5.66.